The molecule has 0 radical (unpaired) electrons. The van der Waals surface area contributed by atoms with E-state index in [9.17, 15) is 19.2 Å². The predicted molar refractivity (Wildman–Crippen MR) is 166 cm³/mol. The number of rotatable bonds is 10. The van der Waals surface area contributed by atoms with Gasteiger partial charge in [0.25, 0.3) is 11.8 Å². The van der Waals surface area contributed by atoms with Gasteiger partial charge in [0.15, 0.2) is 0 Å². The first-order chi connectivity index (χ1) is 20.2. The molecule has 0 bridgehead atoms. The fourth-order valence-electron chi connectivity index (χ4n) is 3.96. The molecule has 4 aromatic rings. The zero-order chi connectivity index (χ0) is 30.2. The van der Waals surface area contributed by atoms with Crippen molar-refractivity contribution in [2.45, 2.75) is 24.0 Å². The van der Waals surface area contributed by atoms with Gasteiger partial charge in [-0.1, -0.05) is 30.3 Å². The maximum Gasteiger partial charge on any atom is 0.341 e. The van der Waals surface area contributed by atoms with Crippen LogP contribution < -0.4 is 20.7 Å². The van der Waals surface area contributed by atoms with Gasteiger partial charge in [0.1, 0.15) is 10.8 Å². The van der Waals surface area contributed by atoms with Gasteiger partial charge in [-0.2, -0.15) is 0 Å². The second kappa shape index (κ2) is 13.8. The topological polar surface area (TPSA) is 123 Å². The molecule has 9 nitrogen and oxygen atoms in total. The zero-order valence-corrected chi connectivity index (χ0v) is 25.0. The maximum absolute atomic E-state index is 13.2. The zero-order valence-electron chi connectivity index (χ0n) is 23.3. The van der Waals surface area contributed by atoms with Gasteiger partial charge in [-0.15, -0.1) is 23.1 Å². The van der Waals surface area contributed by atoms with Crippen LogP contribution >= 0.6 is 23.1 Å². The Balaban J connectivity index is 1.46. The van der Waals surface area contributed by atoms with E-state index >= 15 is 0 Å². The smallest absolute Gasteiger partial charge is 0.341 e. The fourth-order valence-corrected chi connectivity index (χ4v) is 5.98. The van der Waals surface area contributed by atoms with Gasteiger partial charge >= 0.3 is 5.97 Å². The van der Waals surface area contributed by atoms with Gasteiger partial charge in [0.05, 0.1) is 29.9 Å². The molecule has 4 rings (SSSR count). The number of esters is 1. The molecule has 0 saturated heterocycles. The van der Waals surface area contributed by atoms with Gasteiger partial charge in [-0.05, 0) is 67.9 Å². The third-order valence-corrected chi connectivity index (χ3v) is 8.42. The second-order valence-corrected chi connectivity index (χ2v) is 11.5. The Labute approximate surface area is 251 Å². The van der Waals surface area contributed by atoms with Crippen LogP contribution in [0, 0.1) is 6.92 Å². The molecule has 3 aromatic carbocycles. The number of thioether (sulfide) groups is 1. The van der Waals surface area contributed by atoms with E-state index in [-0.39, 0.29) is 27.3 Å². The summed E-state index contributed by atoms with van der Waals surface area (Å²) in [6.07, 6.45) is 0. The number of para-hydroxylation sites is 1. The summed E-state index contributed by atoms with van der Waals surface area (Å²) < 4.78 is 10.1. The predicted octanol–water partition coefficient (Wildman–Crippen LogP) is 6.48. The molecule has 1 unspecified atom stereocenters. The number of amides is 3. The van der Waals surface area contributed by atoms with E-state index in [0.29, 0.717) is 28.3 Å². The number of methoxy groups -OCH3 is 2. The first kappa shape index (κ1) is 30.4. The first-order valence-corrected chi connectivity index (χ1v) is 14.5. The minimum absolute atomic E-state index is 0.133. The molecule has 0 aliphatic rings. The summed E-state index contributed by atoms with van der Waals surface area (Å²) >= 11 is 2.29. The monoisotopic (exact) mass is 603 g/mol. The molecule has 3 N–H and O–H groups in total. The Kier molecular flexibility index (Phi) is 10.00. The highest BCUT2D eigenvalue weighted by molar-refractivity contribution is 8.00. The average Bonchev–Trinajstić information content (AvgIpc) is 3.32. The lowest BCUT2D eigenvalue weighted by Gasteiger charge is -2.13. The average molecular weight is 604 g/mol. The van der Waals surface area contributed by atoms with Crippen LogP contribution in [-0.4, -0.2) is 43.2 Å². The first-order valence-electron chi connectivity index (χ1n) is 12.8. The molecule has 0 aliphatic heterocycles. The molecule has 0 spiro atoms. The highest BCUT2D eigenvalue weighted by Gasteiger charge is 2.27. The Morgan fingerprint density at radius 2 is 1.50 bits per heavy atom. The van der Waals surface area contributed by atoms with Crippen LogP contribution in [0.4, 0.5) is 16.4 Å². The van der Waals surface area contributed by atoms with Crippen molar-refractivity contribution in [1.82, 2.24) is 0 Å². The molecule has 11 heteroatoms. The normalized spacial score (nSPS) is 11.2. The summed E-state index contributed by atoms with van der Waals surface area (Å²) in [5.74, 6) is -1.14. The molecule has 0 fully saturated rings. The van der Waals surface area contributed by atoms with Crippen molar-refractivity contribution in [2.24, 2.45) is 0 Å². The summed E-state index contributed by atoms with van der Waals surface area (Å²) in [4.78, 5) is 52.6. The minimum Gasteiger partial charge on any atom is -0.497 e. The molecule has 1 atom stereocenters. The minimum atomic E-state index is -0.655. The lowest BCUT2D eigenvalue weighted by atomic mass is 10.1. The van der Waals surface area contributed by atoms with Gasteiger partial charge in [0.2, 0.25) is 5.91 Å². The molecule has 0 aliphatic carbocycles. The van der Waals surface area contributed by atoms with E-state index < -0.39 is 17.1 Å². The largest absolute Gasteiger partial charge is 0.497 e. The third-order valence-electron chi connectivity index (χ3n) is 6.12. The number of thiophene rings is 1. The number of ether oxygens (including phenoxy) is 2. The van der Waals surface area contributed by atoms with Crippen molar-refractivity contribution in [2.75, 3.05) is 30.2 Å². The Morgan fingerprint density at radius 1 is 0.810 bits per heavy atom. The van der Waals surface area contributed by atoms with Crippen LogP contribution in [0.2, 0.25) is 0 Å². The van der Waals surface area contributed by atoms with Crippen molar-refractivity contribution in [3.63, 3.8) is 0 Å². The Bertz CT molecular complexity index is 1620. The molecule has 216 valence electrons. The summed E-state index contributed by atoms with van der Waals surface area (Å²) in [5, 5.41) is 8.12. The Hall–Kier alpha value is -4.61. The molecule has 3 amide bonds. The van der Waals surface area contributed by atoms with Crippen LogP contribution in [0.5, 0.6) is 5.75 Å². The van der Waals surface area contributed by atoms with Crippen molar-refractivity contribution in [1.29, 1.82) is 0 Å². The summed E-state index contributed by atoms with van der Waals surface area (Å²) in [5.41, 5.74) is 2.16. The highest BCUT2D eigenvalue weighted by atomic mass is 32.2. The number of anilines is 3. The molecule has 1 aromatic heterocycles. The van der Waals surface area contributed by atoms with Gasteiger partial charge < -0.3 is 25.4 Å². The highest BCUT2D eigenvalue weighted by Crippen LogP contribution is 2.35. The molecule has 42 heavy (non-hydrogen) atoms. The number of hydrogen-bond acceptors (Lipinski definition) is 8. The molecular weight excluding hydrogens is 574 g/mol. The quantitative estimate of drug-likeness (QED) is 0.140. The van der Waals surface area contributed by atoms with Gasteiger partial charge in [-0.3, -0.25) is 14.4 Å². The molecule has 1 heterocycles. The van der Waals surface area contributed by atoms with E-state index in [4.69, 9.17) is 9.47 Å². The second-order valence-electron chi connectivity index (χ2n) is 9.04. The van der Waals surface area contributed by atoms with E-state index in [1.807, 2.05) is 12.1 Å². The van der Waals surface area contributed by atoms with E-state index in [0.717, 1.165) is 16.2 Å². The lowest BCUT2D eigenvalue weighted by molar-refractivity contribution is -0.115. The summed E-state index contributed by atoms with van der Waals surface area (Å²) in [7, 11) is 2.78. The number of carbonyl (C=O) groups is 4. The van der Waals surface area contributed by atoms with Crippen LogP contribution in [0.1, 0.15) is 42.9 Å². The number of benzene rings is 3. The fraction of sp³-hybridized carbons (Fsp3) is 0.161. The number of carbonyl (C=O) groups excluding carboxylic acids is 4. The molecule has 0 saturated carbocycles. The number of hydrogen-bond donors (Lipinski definition) is 3. The lowest BCUT2D eigenvalue weighted by Crippen LogP contribution is -2.23. The SMILES string of the molecule is COC(=O)c1c(NC(=O)C(C)Sc2cccc(NC(=O)c3cccc(OC)c3)c2)sc(C(=O)Nc2ccccc2)c1C. The van der Waals surface area contributed by atoms with Crippen LogP contribution in [0.25, 0.3) is 0 Å². The van der Waals surface area contributed by atoms with Crippen LogP contribution in [0.3, 0.4) is 0 Å². The van der Waals surface area contributed by atoms with Crippen molar-refractivity contribution in [3.05, 3.63) is 100 Å². The number of nitrogens with one attached hydrogen (secondary N) is 3. The molecular formula is C31H29N3O6S2. The summed E-state index contributed by atoms with van der Waals surface area (Å²) in [6, 6.07) is 22.9. The van der Waals surface area contributed by atoms with Crippen molar-refractivity contribution >= 4 is 63.2 Å². The van der Waals surface area contributed by atoms with Gasteiger partial charge in [0, 0.05) is 21.8 Å². The standard InChI is InChI=1S/C31H29N3O6S2/c1-18-25(31(38)40-4)30(42-26(18)29(37)32-21-11-6-5-7-12-21)34-27(35)19(2)41-24-15-9-13-22(17-24)33-28(36)20-10-8-14-23(16-20)39-3/h5-17,19H,1-4H3,(H,32,37)(H,33,36)(H,34,35). The van der Waals surface area contributed by atoms with E-state index in [1.165, 1.54) is 26.0 Å². The van der Waals surface area contributed by atoms with Crippen LogP contribution in [0.15, 0.2) is 83.8 Å². The van der Waals surface area contributed by atoms with Crippen LogP contribution in [-0.2, 0) is 9.53 Å². The summed E-state index contributed by atoms with van der Waals surface area (Å²) in [6.45, 7) is 3.37. The van der Waals surface area contributed by atoms with Gasteiger partial charge in [-0.25, -0.2) is 4.79 Å². The maximum atomic E-state index is 13.2. The van der Waals surface area contributed by atoms with Crippen molar-refractivity contribution < 1.29 is 28.7 Å². The third kappa shape index (κ3) is 7.36. The Morgan fingerprint density at radius 3 is 2.21 bits per heavy atom. The van der Waals surface area contributed by atoms with E-state index in [2.05, 4.69) is 16.0 Å². The van der Waals surface area contributed by atoms with Crippen molar-refractivity contribution in [3.8, 4) is 5.75 Å². The van der Waals surface area contributed by atoms with E-state index in [1.54, 1.807) is 80.6 Å².